The van der Waals surface area contributed by atoms with E-state index in [4.69, 9.17) is 14.6 Å². The van der Waals surface area contributed by atoms with Gasteiger partial charge in [-0.2, -0.15) is 0 Å². The van der Waals surface area contributed by atoms with Crippen molar-refractivity contribution >= 4 is 10.0 Å². The Morgan fingerprint density at radius 3 is 2.29 bits per heavy atom. The average Bonchev–Trinajstić information content (AvgIpc) is 2.35. The van der Waals surface area contributed by atoms with E-state index in [1.165, 1.54) is 0 Å². The Morgan fingerprint density at radius 1 is 1.14 bits per heavy atom. The molecule has 0 spiro atoms. The van der Waals surface area contributed by atoms with E-state index in [0.717, 1.165) is 11.1 Å². The van der Waals surface area contributed by atoms with Gasteiger partial charge in [0.25, 0.3) is 0 Å². The number of benzene rings is 1. The molecule has 1 aromatic rings. The maximum atomic E-state index is 11.5. The van der Waals surface area contributed by atoms with Gasteiger partial charge in [-0.15, -0.1) is 0 Å². The monoisotopic (exact) mass is 315 g/mol. The van der Waals surface area contributed by atoms with Crippen molar-refractivity contribution in [1.82, 2.24) is 0 Å². The first-order valence-electron chi connectivity index (χ1n) is 6.98. The molecule has 0 unspecified atom stereocenters. The van der Waals surface area contributed by atoms with Crippen molar-refractivity contribution < 1.29 is 17.9 Å². The molecule has 0 heterocycles. The predicted molar refractivity (Wildman–Crippen MR) is 83.2 cm³/mol. The number of nitrogens with two attached hydrogens (primary N) is 1. The van der Waals surface area contributed by atoms with Gasteiger partial charge < -0.3 is 9.47 Å². The second-order valence-electron chi connectivity index (χ2n) is 5.63. The number of ether oxygens (including phenoxy) is 2. The average molecular weight is 315 g/mol. The molecular weight excluding hydrogens is 290 g/mol. The molecule has 21 heavy (non-hydrogen) atoms. The number of hydrogen-bond acceptors (Lipinski definition) is 4. The summed E-state index contributed by atoms with van der Waals surface area (Å²) in [7, 11) is -3.71. The van der Waals surface area contributed by atoms with E-state index in [1.54, 1.807) is 13.0 Å². The molecule has 0 aliphatic carbocycles. The van der Waals surface area contributed by atoms with E-state index in [9.17, 15) is 8.42 Å². The van der Waals surface area contributed by atoms with E-state index in [0.29, 0.717) is 37.1 Å². The molecule has 0 aromatic heterocycles. The first-order chi connectivity index (χ1) is 9.64. The zero-order chi connectivity index (χ0) is 16.2. The molecular formula is C15H25NO4S. The van der Waals surface area contributed by atoms with Crippen LogP contribution in [0.3, 0.4) is 0 Å². The van der Waals surface area contributed by atoms with Crippen molar-refractivity contribution in [1.29, 1.82) is 0 Å². The van der Waals surface area contributed by atoms with E-state index < -0.39 is 10.0 Å². The molecule has 0 amide bonds. The smallest absolute Gasteiger partial charge is 0.238 e. The first kappa shape index (κ1) is 17.9. The van der Waals surface area contributed by atoms with Crippen molar-refractivity contribution in [2.45, 2.75) is 39.5 Å². The first-order valence-corrected chi connectivity index (χ1v) is 8.53. The standard InChI is InChI=1S/C15H25NO4S/c1-10(2)9-19-6-7-20-15-11(3)8-14(21(16,17)18)12(4)13(15)5/h8,10H,6-7,9H2,1-5H3,(H2,16,17,18). The van der Waals surface area contributed by atoms with Crippen LogP contribution >= 0.6 is 0 Å². The molecule has 0 atom stereocenters. The summed E-state index contributed by atoms with van der Waals surface area (Å²) in [6.45, 7) is 11.2. The van der Waals surface area contributed by atoms with Crippen LogP contribution in [0.25, 0.3) is 0 Å². The summed E-state index contributed by atoms with van der Waals surface area (Å²) in [4.78, 5) is 0.154. The van der Waals surface area contributed by atoms with Gasteiger partial charge in [-0.05, 0) is 49.4 Å². The summed E-state index contributed by atoms with van der Waals surface area (Å²) in [5.74, 6) is 1.19. The maximum absolute atomic E-state index is 11.5. The van der Waals surface area contributed by atoms with E-state index >= 15 is 0 Å². The van der Waals surface area contributed by atoms with Gasteiger partial charge in [0.15, 0.2) is 0 Å². The summed E-state index contributed by atoms with van der Waals surface area (Å²) in [6, 6.07) is 1.56. The van der Waals surface area contributed by atoms with Crippen molar-refractivity contribution in [3.63, 3.8) is 0 Å². The Balaban J connectivity index is 2.83. The maximum Gasteiger partial charge on any atom is 0.238 e. The Morgan fingerprint density at radius 2 is 1.76 bits per heavy atom. The zero-order valence-corrected chi connectivity index (χ0v) is 14.2. The lowest BCUT2D eigenvalue weighted by molar-refractivity contribution is 0.0815. The molecule has 0 aliphatic rings. The van der Waals surface area contributed by atoms with Gasteiger partial charge in [-0.3, -0.25) is 0 Å². The highest BCUT2D eigenvalue weighted by molar-refractivity contribution is 7.89. The molecule has 0 bridgehead atoms. The Labute approximate surface area is 127 Å². The largest absolute Gasteiger partial charge is 0.491 e. The van der Waals surface area contributed by atoms with Gasteiger partial charge in [0.1, 0.15) is 12.4 Å². The van der Waals surface area contributed by atoms with Crippen LogP contribution in [0.1, 0.15) is 30.5 Å². The third-order valence-electron chi connectivity index (χ3n) is 3.21. The summed E-state index contributed by atoms with van der Waals surface area (Å²) in [5.41, 5.74) is 2.18. The van der Waals surface area contributed by atoms with E-state index in [-0.39, 0.29) is 4.90 Å². The number of sulfonamides is 1. The van der Waals surface area contributed by atoms with Crippen molar-refractivity contribution in [3.8, 4) is 5.75 Å². The van der Waals surface area contributed by atoms with Crippen LogP contribution in [0.15, 0.2) is 11.0 Å². The Bertz CT molecular complexity index is 594. The molecule has 0 radical (unpaired) electrons. The predicted octanol–water partition coefficient (Wildman–Crippen LogP) is 2.31. The fraction of sp³-hybridized carbons (Fsp3) is 0.600. The van der Waals surface area contributed by atoms with Crippen LogP contribution in [0, 0.1) is 26.7 Å². The second kappa shape index (κ2) is 7.24. The van der Waals surface area contributed by atoms with Crippen LogP contribution in [-0.2, 0) is 14.8 Å². The second-order valence-corrected chi connectivity index (χ2v) is 7.16. The van der Waals surface area contributed by atoms with Gasteiger partial charge in [-0.1, -0.05) is 13.8 Å². The van der Waals surface area contributed by atoms with Crippen LogP contribution in [0.2, 0.25) is 0 Å². The molecule has 0 fully saturated rings. The van der Waals surface area contributed by atoms with Crippen molar-refractivity contribution in [2.24, 2.45) is 11.1 Å². The molecule has 0 saturated heterocycles. The van der Waals surface area contributed by atoms with Gasteiger partial charge in [-0.25, -0.2) is 13.6 Å². The van der Waals surface area contributed by atoms with E-state index in [1.807, 2.05) is 13.8 Å². The molecule has 5 nitrogen and oxygen atoms in total. The highest BCUT2D eigenvalue weighted by Gasteiger charge is 2.18. The van der Waals surface area contributed by atoms with Gasteiger partial charge in [0.2, 0.25) is 10.0 Å². The minimum atomic E-state index is -3.71. The van der Waals surface area contributed by atoms with Gasteiger partial charge in [0, 0.05) is 6.61 Å². The third kappa shape index (κ3) is 4.98. The zero-order valence-electron chi connectivity index (χ0n) is 13.4. The lowest BCUT2D eigenvalue weighted by atomic mass is 10.1. The lowest BCUT2D eigenvalue weighted by Gasteiger charge is -2.17. The fourth-order valence-corrected chi connectivity index (χ4v) is 2.98. The highest BCUT2D eigenvalue weighted by Crippen LogP contribution is 2.30. The van der Waals surface area contributed by atoms with Crippen molar-refractivity contribution in [2.75, 3.05) is 19.8 Å². The third-order valence-corrected chi connectivity index (χ3v) is 4.25. The van der Waals surface area contributed by atoms with Gasteiger partial charge in [0.05, 0.1) is 11.5 Å². The van der Waals surface area contributed by atoms with E-state index in [2.05, 4.69) is 13.8 Å². The lowest BCUT2D eigenvalue weighted by Crippen LogP contribution is -2.16. The molecule has 1 aromatic carbocycles. The number of rotatable bonds is 7. The number of primary sulfonamides is 1. The summed E-state index contributed by atoms with van der Waals surface area (Å²) in [6.07, 6.45) is 0. The normalized spacial score (nSPS) is 12.0. The topological polar surface area (TPSA) is 78.6 Å². The van der Waals surface area contributed by atoms with Crippen LogP contribution in [0.4, 0.5) is 0 Å². The van der Waals surface area contributed by atoms with Crippen LogP contribution in [-0.4, -0.2) is 28.2 Å². The summed E-state index contributed by atoms with van der Waals surface area (Å²) >= 11 is 0. The minimum absolute atomic E-state index is 0.154. The minimum Gasteiger partial charge on any atom is -0.491 e. The summed E-state index contributed by atoms with van der Waals surface area (Å²) < 4.78 is 34.3. The number of hydrogen-bond donors (Lipinski definition) is 1. The van der Waals surface area contributed by atoms with Crippen LogP contribution < -0.4 is 9.88 Å². The quantitative estimate of drug-likeness (QED) is 0.783. The SMILES string of the molecule is Cc1cc(S(N)(=O)=O)c(C)c(C)c1OCCOCC(C)C. The van der Waals surface area contributed by atoms with Crippen LogP contribution in [0.5, 0.6) is 5.75 Å². The molecule has 2 N–H and O–H groups in total. The Hall–Kier alpha value is -1.11. The fourth-order valence-electron chi connectivity index (χ4n) is 2.06. The molecule has 6 heteroatoms. The molecule has 1 rings (SSSR count). The number of aryl methyl sites for hydroxylation is 1. The van der Waals surface area contributed by atoms with Gasteiger partial charge >= 0.3 is 0 Å². The molecule has 0 saturated carbocycles. The van der Waals surface area contributed by atoms with Crippen molar-refractivity contribution in [3.05, 3.63) is 22.8 Å². The Kier molecular flexibility index (Phi) is 6.19. The summed E-state index contributed by atoms with van der Waals surface area (Å²) in [5, 5.41) is 5.22. The highest BCUT2D eigenvalue weighted by atomic mass is 32.2. The molecule has 120 valence electrons. The molecule has 0 aliphatic heterocycles.